The van der Waals surface area contributed by atoms with Gasteiger partial charge in [-0.3, -0.25) is 9.69 Å². The van der Waals surface area contributed by atoms with Crippen LogP contribution in [0, 0.1) is 0 Å². The van der Waals surface area contributed by atoms with E-state index in [1.54, 1.807) is 6.07 Å². The van der Waals surface area contributed by atoms with E-state index in [0.29, 0.717) is 5.56 Å². The van der Waals surface area contributed by atoms with Gasteiger partial charge in [-0.25, -0.2) is 0 Å². The molecule has 1 aromatic rings. The second kappa shape index (κ2) is 4.77. The number of halogens is 1. The van der Waals surface area contributed by atoms with Crippen molar-refractivity contribution < 1.29 is 4.79 Å². The third-order valence-corrected chi connectivity index (χ3v) is 2.98. The Morgan fingerprint density at radius 2 is 2.07 bits per heavy atom. The monoisotopic (exact) mass is 223 g/mol. The first kappa shape index (κ1) is 10.7. The Bertz CT molecular complexity index is 358. The van der Waals surface area contributed by atoms with Gasteiger partial charge in [-0.1, -0.05) is 18.2 Å². The zero-order chi connectivity index (χ0) is 10.7. The maximum Gasteiger partial charge on any atom is 0.252 e. The van der Waals surface area contributed by atoms with Crippen molar-refractivity contribution >= 4 is 16.8 Å². The summed E-state index contributed by atoms with van der Waals surface area (Å²) in [7, 11) is 0. The SMILES string of the molecule is O=C(Cl)c1cccc(CN2CCCC2)c1. The largest absolute Gasteiger partial charge is 0.299 e. The van der Waals surface area contributed by atoms with E-state index in [9.17, 15) is 4.79 Å². The van der Waals surface area contributed by atoms with E-state index in [-0.39, 0.29) is 5.24 Å². The molecule has 0 N–H and O–H groups in total. The smallest absolute Gasteiger partial charge is 0.252 e. The molecule has 1 fully saturated rings. The molecule has 80 valence electrons. The molecule has 1 saturated heterocycles. The van der Waals surface area contributed by atoms with Crippen molar-refractivity contribution in [3.05, 3.63) is 35.4 Å². The van der Waals surface area contributed by atoms with Crippen molar-refractivity contribution in [2.75, 3.05) is 13.1 Å². The zero-order valence-corrected chi connectivity index (χ0v) is 9.33. The number of rotatable bonds is 3. The van der Waals surface area contributed by atoms with Crippen LogP contribution in [0.2, 0.25) is 0 Å². The maximum atomic E-state index is 11.0. The summed E-state index contributed by atoms with van der Waals surface area (Å²) in [5.41, 5.74) is 1.76. The first-order chi connectivity index (χ1) is 7.25. The van der Waals surface area contributed by atoms with E-state index >= 15 is 0 Å². The van der Waals surface area contributed by atoms with Gasteiger partial charge in [-0.15, -0.1) is 0 Å². The van der Waals surface area contributed by atoms with Crippen LogP contribution in [0.3, 0.4) is 0 Å². The highest BCUT2D eigenvalue weighted by Crippen LogP contribution is 2.14. The van der Waals surface area contributed by atoms with Gasteiger partial charge in [-0.2, -0.15) is 0 Å². The van der Waals surface area contributed by atoms with Crippen LogP contribution < -0.4 is 0 Å². The van der Waals surface area contributed by atoms with Gasteiger partial charge in [0.25, 0.3) is 5.24 Å². The van der Waals surface area contributed by atoms with E-state index < -0.39 is 0 Å². The molecule has 0 aliphatic carbocycles. The van der Waals surface area contributed by atoms with Gasteiger partial charge in [0, 0.05) is 12.1 Å². The lowest BCUT2D eigenvalue weighted by molar-refractivity contribution is 0.108. The van der Waals surface area contributed by atoms with E-state index in [1.165, 1.54) is 31.5 Å². The third kappa shape index (κ3) is 2.80. The number of hydrogen-bond acceptors (Lipinski definition) is 2. The molecule has 0 saturated carbocycles. The third-order valence-electron chi connectivity index (χ3n) is 2.76. The second-order valence-corrected chi connectivity index (χ2v) is 4.30. The molecular weight excluding hydrogens is 210 g/mol. The fourth-order valence-electron chi connectivity index (χ4n) is 1.99. The van der Waals surface area contributed by atoms with Gasteiger partial charge in [0.2, 0.25) is 0 Å². The fraction of sp³-hybridized carbons (Fsp3) is 0.417. The summed E-state index contributed by atoms with van der Waals surface area (Å²) in [6, 6.07) is 7.57. The standard InChI is InChI=1S/C12H14ClNO/c13-12(15)11-5-3-4-10(8-11)9-14-6-1-2-7-14/h3-5,8H,1-2,6-7,9H2. The van der Waals surface area contributed by atoms with E-state index in [4.69, 9.17) is 11.6 Å². The molecule has 0 amide bonds. The molecule has 0 atom stereocenters. The fourth-order valence-corrected chi connectivity index (χ4v) is 2.11. The van der Waals surface area contributed by atoms with Gasteiger partial charge >= 0.3 is 0 Å². The number of benzene rings is 1. The predicted molar refractivity (Wildman–Crippen MR) is 61.1 cm³/mol. The van der Waals surface area contributed by atoms with Crippen LogP contribution in [0.5, 0.6) is 0 Å². The number of hydrogen-bond donors (Lipinski definition) is 0. The molecule has 0 bridgehead atoms. The highest BCUT2D eigenvalue weighted by atomic mass is 35.5. The van der Waals surface area contributed by atoms with Crippen LogP contribution in [0.1, 0.15) is 28.8 Å². The van der Waals surface area contributed by atoms with Crippen LogP contribution in [0.4, 0.5) is 0 Å². The summed E-state index contributed by atoms with van der Waals surface area (Å²) < 4.78 is 0. The first-order valence-corrected chi connectivity index (χ1v) is 5.64. The van der Waals surface area contributed by atoms with Gasteiger partial charge in [0.15, 0.2) is 0 Å². The summed E-state index contributed by atoms with van der Waals surface area (Å²) in [6.45, 7) is 3.26. The van der Waals surface area contributed by atoms with Crippen molar-refractivity contribution in [1.82, 2.24) is 4.90 Å². The molecular formula is C12H14ClNO. The molecule has 0 radical (unpaired) electrons. The molecule has 1 aliphatic heterocycles. The van der Waals surface area contributed by atoms with Crippen LogP contribution in [0.25, 0.3) is 0 Å². The summed E-state index contributed by atoms with van der Waals surface area (Å²) >= 11 is 5.44. The second-order valence-electron chi connectivity index (χ2n) is 3.96. The quantitative estimate of drug-likeness (QED) is 0.735. The van der Waals surface area contributed by atoms with Crippen LogP contribution >= 0.6 is 11.6 Å². The Hall–Kier alpha value is -0.860. The summed E-state index contributed by atoms with van der Waals surface area (Å²) in [6.07, 6.45) is 2.57. The van der Waals surface area contributed by atoms with Crippen molar-refractivity contribution in [2.45, 2.75) is 19.4 Å². The first-order valence-electron chi connectivity index (χ1n) is 5.27. The summed E-state index contributed by atoms with van der Waals surface area (Å²) in [4.78, 5) is 13.4. The molecule has 1 heterocycles. The minimum Gasteiger partial charge on any atom is -0.299 e. The summed E-state index contributed by atoms with van der Waals surface area (Å²) in [5, 5.41) is -0.377. The van der Waals surface area contributed by atoms with Gasteiger partial charge in [-0.05, 0) is 49.2 Å². The lowest BCUT2D eigenvalue weighted by Gasteiger charge is -2.14. The van der Waals surface area contributed by atoms with E-state index in [1.807, 2.05) is 18.2 Å². The van der Waals surface area contributed by atoms with Crippen LogP contribution in [0.15, 0.2) is 24.3 Å². The molecule has 0 aromatic heterocycles. The Kier molecular flexibility index (Phi) is 3.39. The molecule has 1 aliphatic rings. The Labute approximate surface area is 94.8 Å². The summed E-state index contributed by atoms with van der Waals surface area (Å²) in [5.74, 6) is 0. The van der Waals surface area contributed by atoms with Crippen molar-refractivity contribution in [3.8, 4) is 0 Å². The average molecular weight is 224 g/mol. The molecule has 3 heteroatoms. The molecule has 2 rings (SSSR count). The Morgan fingerprint density at radius 3 is 2.73 bits per heavy atom. The lowest BCUT2D eigenvalue weighted by Crippen LogP contribution is -2.18. The lowest BCUT2D eigenvalue weighted by atomic mass is 10.1. The van der Waals surface area contributed by atoms with Gasteiger partial charge in [0.05, 0.1) is 0 Å². The van der Waals surface area contributed by atoms with Gasteiger partial charge < -0.3 is 0 Å². The van der Waals surface area contributed by atoms with E-state index in [2.05, 4.69) is 4.90 Å². The van der Waals surface area contributed by atoms with E-state index in [0.717, 1.165) is 6.54 Å². The minimum absolute atomic E-state index is 0.377. The molecule has 0 unspecified atom stereocenters. The van der Waals surface area contributed by atoms with Crippen LogP contribution in [-0.4, -0.2) is 23.2 Å². The number of likely N-dealkylation sites (tertiary alicyclic amines) is 1. The minimum atomic E-state index is -0.377. The Morgan fingerprint density at radius 1 is 1.33 bits per heavy atom. The highest BCUT2D eigenvalue weighted by Gasteiger charge is 2.12. The highest BCUT2D eigenvalue weighted by molar-refractivity contribution is 6.67. The Balaban J connectivity index is 2.07. The van der Waals surface area contributed by atoms with Crippen LogP contribution in [-0.2, 0) is 6.54 Å². The number of carbonyl (C=O) groups is 1. The average Bonchev–Trinajstić information content (AvgIpc) is 2.71. The number of nitrogens with zero attached hydrogens (tertiary/aromatic N) is 1. The van der Waals surface area contributed by atoms with Crippen molar-refractivity contribution in [1.29, 1.82) is 0 Å². The molecule has 15 heavy (non-hydrogen) atoms. The molecule has 2 nitrogen and oxygen atoms in total. The molecule has 0 spiro atoms. The predicted octanol–water partition coefficient (Wildman–Crippen LogP) is 2.66. The topological polar surface area (TPSA) is 20.3 Å². The van der Waals surface area contributed by atoms with Crippen molar-refractivity contribution in [2.24, 2.45) is 0 Å². The maximum absolute atomic E-state index is 11.0. The normalized spacial score (nSPS) is 16.9. The zero-order valence-electron chi connectivity index (χ0n) is 8.58. The molecule has 1 aromatic carbocycles. The van der Waals surface area contributed by atoms with Gasteiger partial charge in [0.1, 0.15) is 0 Å². The number of carbonyl (C=O) groups excluding carboxylic acids is 1. The van der Waals surface area contributed by atoms with Crippen molar-refractivity contribution in [3.63, 3.8) is 0 Å².